The Labute approximate surface area is 212 Å². The summed E-state index contributed by atoms with van der Waals surface area (Å²) in [4.78, 5) is 59.7. The molecule has 1 rings (SSSR count). The predicted octanol–water partition coefficient (Wildman–Crippen LogP) is -0.488. The molecule has 0 aliphatic heterocycles. The molecule has 0 radical (unpaired) electrons. The summed E-state index contributed by atoms with van der Waals surface area (Å²) in [6.07, 6.45) is 0. The minimum absolute atomic E-state index is 0.0458. The Kier molecular flexibility index (Phi) is 11.2. The molecular weight excluding hydrogens is 739 g/mol. The zero-order chi connectivity index (χ0) is 23.0. The van der Waals surface area contributed by atoms with E-state index in [0.717, 1.165) is 0 Å². The fraction of sp³-hybridized carbons (Fsp3) is 0.312. The van der Waals surface area contributed by atoms with Gasteiger partial charge in [-0.15, -0.1) is 0 Å². The van der Waals surface area contributed by atoms with Crippen molar-refractivity contribution in [3.63, 3.8) is 0 Å². The molecule has 0 aromatic heterocycles. The number of hydrogen-bond donors (Lipinski definition) is 6. The molecule has 0 bridgehead atoms. The van der Waals surface area contributed by atoms with E-state index in [1.807, 2.05) is 67.8 Å². The number of carbonyl (C=O) groups excluding carboxylic acids is 5. The van der Waals surface area contributed by atoms with Crippen LogP contribution >= 0.6 is 67.8 Å². The van der Waals surface area contributed by atoms with Crippen LogP contribution in [0.3, 0.4) is 0 Å². The molecule has 7 N–H and O–H groups in total. The van der Waals surface area contributed by atoms with Crippen molar-refractivity contribution in [2.45, 2.75) is 6.92 Å². The summed E-state index contributed by atoms with van der Waals surface area (Å²) >= 11 is 5.55. The monoisotopic (exact) mass is 757 g/mol. The van der Waals surface area contributed by atoms with Crippen molar-refractivity contribution in [1.29, 1.82) is 0 Å². The van der Waals surface area contributed by atoms with Gasteiger partial charge in [-0.3, -0.25) is 24.0 Å². The SMILES string of the molecule is CC(=O)Nc1c(I)c(C(=O)NCC(N)=O)c(I)c(C(=O)NCC(=O)NCCO)c1I. The van der Waals surface area contributed by atoms with Crippen LogP contribution in [0.4, 0.5) is 5.69 Å². The number of hydrogen-bond acceptors (Lipinski definition) is 6. The van der Waals surface area contributed by atoms with Crippen molar-refractivity contribution in [1.82, 2.24) is 16.0 Å². The van der Waals surface area contributed by atoms with Crippen molar-refractivity contribution < 1.29 is 29.1 Å². The highest BCUT2D eigenvalue weighted by Crippen LogP contribution is 2.35. The predicted molar refractivity (Wildman–Crippen MR) is 133 cm³/mol. The molecule has 1 aromatic carbocycles. The molecule has 0 saturated heterocycles. The van der Waals surface area contributed by atoms with Crippen molar-refractivity contribution in [3.8, 4) is 0 Å². The van der Waals surface area contributed by atoms with Gasteiger partial charge >= 0.3 is 0 Å². The number of carbonyl (C=O) groups is 5. The number of halogens is 3. The summed E-state index contributed by atoms with van der Waals surface area (Å²) in [5.41, 5.74) is 5.48. The number of anilines is 1. The van der Waals surface area contributed by atoms with Gasteiger partial charge in [-0.25, -0.2) is 0 Å². The fourth-order valence-corrected chi connectivity index (χ4v) is 6.53. The maximum Gasteiger partial charge on any atom is 0.253 e. The third kappa shape index (κ3) is 7.45. The number of benzene rings is 1. The van der Waals surface area contributed by atoms with Gasteiger partial charge in [-0.05, 0) is 67.8 Å². The number of rotatable bonds is 9. The molecule has 0 unspecified atom stereocenters. The maximum absolute atomic E-state index is 12.8. The number of aliphatic hydroxyl groups is 1. The molecule has 0 atom stereocenters. The molecule has 14 heteroatoms. The van der Waals surface area contributed by atoms with E-state index in [1.54, 1.807) is 0 Å². The zero-order valence-corrected chi connectivity index (χ0v) is 22.0. The summed E-state index contributed by atoms with van der Waals surface area (Å²) < 4.78 is 1.01. The fourth-order valence-electron chi connectivity index (χ4n) is 2.11. The van der Waals surface area contributed by atoms with E-state index in [0.29, 0.717) is 7.14 Å². The highest BCUT2D eigenvalue weighted by Gasteiger charge is 2.28. The smallest absolute Gasteiger partial charge is 0.253 e. The standard InChI is InChI=1S/C16H18I3N5O6/c1-6(26)24-14-12(18)9(15(29)22-4-7(20)27)11(17)10(13(14)19)16(30)23-5-8(28)21-2-3-25/h25H,2-5H2,1H3,(H2,20,27)(H,21,28)(H,22,29)(H,23,30)(H,24,26). The first kappa shape index (κ1) is 26.8. The van der Waals surface area contributed by atoms with Crippen LogP contribution in [0, 0.1) is 10.7 Å². The number of nitrogens with two attached hydrogens (primary N) is 1. The average Bonchev–Trinajstić information content (AvgIpc) is 2.66. The van der Waals surface area contributed by atoms with Crippen LogP contribution in [0.1, 0.15) is 27.6 Å². The van der Waals surface area contributed by atoms with Gasteiger partial charge in [0.15, 0.2) is 0 Å². The molecule has 30 heavy (non-hydrogen) atoms. The average molecular weight is 757 g/mol. The second kappa shape index (κ2) is 12.5. The van der Waals surface area contributed by atoms with Gasteiger partial charge in [0.2, 0.25) is 17.7 Å². The zero-order valence-electron chi connectivity index (χ0n) is 15.5. The van der Waals surface area contributed by atoms with Gasteiger partial charge in [-0.1, -0.05) is 0 Å². The summed E-state index contributed by atoms with van der Waals surface area (Å²) in [5, 5.41) is 18.5. The molecule has 11 nitrogen and oxygen atoms in total. The van der Waals surface area contributed by atoms with Gasteiger partial charge in [0.05, 0.1) is 43.7 Å². The van der Waals surface area contributed by atoms with Crippen molar-refractivity contribution in [2.24, 2.45) is 5.73 Å². The normalized spacial score (nSPS) is 10.2. The summed E-state index contributed by atoms with van der Waals surface area (Å²) in [6.45, 7) is 0.331. The molecule has 0 heterocycles. The summed E-state index contributed by atoms with van der Waals surface area (Å²) in [7, 11) is 0. The van der Waals surface area contributed by atoms with E-state index in [1.165, 1.54) is 6.92 Å². The number of nitrogens with one attached hydrogen (secondary N) is 4. The van der Waals surface area contributed by atoms with Crippen molar-refractivity contribution in [3.05, 3.63) is 21.8 Å². The van der Waals surface area contributed by atoms with Crippen LogP contribution in [0.15, 0.2) is 0 Å². The molecule has 1 aromatic rings. The van der Waals surface area contributed by atoms with Gasteiger partial charge in [0.25, 0.3) is 11.8 Å². The second-order valence-electron chi connectivity index (χ2n) is 5.65. The lowest BCUT2D eigenvalue weighted by Gasteiger charge is -2.19. The van der Waals surface area contributed by atoms with E-state index in [4.69, 9.17) is 10.8 Å². The Bertz CT molecular complexity index is 893. The van der Waals surface area contributed by atoms with Crippen LogP contribution in [-0.4, -0.2) is 60.9 Å². The van der Waals surface area contributed by atoms with Gasteiger partial charge in [0.1, 0.15) is 0 Å². The highest BCUT2D eigenvalue weighted by molar-refractivity contribution is 14.1. The van der Waals surface area contributed by atoms with Gasteiger partial charge in [-0.2, -0.15) is 0 Å². The highest BCUT2D eigenvalue weighted by atomic mass is 127. The number of primary amides is 1. The first-order valence-electron chi connectivity index (χ1n) is 8.21. The van der Waals surface area contributed by atoms with E-state index in [9.17, 15) is 24.0 Å². The molecule has 0 spiro atoms. The Morgan fingerprint density at radius 2 is 1.37 bits per heavy atom. The maximum atomic E-state index is 12.8. The minimum Gasteiger partial charge on any atom is -0.395 e. The molecular formula is C16H18I3N5O6. The third-order valence-electron chi connectivity index (χ3n) is 3.34. The van der Waals surface area contributed by atoms with Gasteiger partial charge in [0, 0.05) is 17.0 Å². The Morgan fingerprint density at radius 1 is 0.867 bits per heavy atom. The summed E-state index contributed by atoms with van der Waals surface area (Å²) in [5.74, 6) is -2.96. The van der Waals surface area contributed by atoms with Crippen molar-refractivity contribution in [2.75, 3.05) is 31.6 Å². The first-order chi connectivity index (χ1) is 14.0. The lowest BCUT2D eigenvalue weighted by atomic mass is 10.1. The van der Waals surface area contributed by atoms with E-state index >= 15 is 0 Å². The topological polar surface area (TPSA) is 180 Å². The van der Waals surface area contributed by atoms with Crippen LogP contribution in [-0.2, 0) is 14.4 Å². The Morgan fingerprint density at radius 3 is 1.80 bits per heavy atom. The Balaban J connectivity index is 3.39. The molecule has 0 fully saturated rings. The third-order valence-corrected chi connectivity index (χ3v) is 6.58. The van der Waals surface area contributed by atoms with Crippen LogP contribution < -0.4 is 27.0 Å². The number of aliphatic hydroxyl groups excluding tert-OH is 1. The van der Waals surface area contributed by atoms with Crippen LogP contribution in [0.25, 0.3) is 0 Å². The summed E-state index contributed by atoms with van der Waals surface area (Å²) in [6, 6.07) is 0. The minimum atomic E-state index is -0.743. The molecule has 164 valence electrons. The second-order valence-corrected chi connectivity index (χ2v) is 8.89. The van der Waals surface area contributed by atoms with Crippen LogP contribution in [0.2, 0.25) is 0 Å². The van der Waals surface area contributed by atoms with E-state index in [-0.39, 0.29) is 40.1 Å². The number of amides is 5. The van der Waals surface area contributed by atoms with Crippen LogP contribution in [0.5, 0.6) is 0 Å². The molecule has 0 aliphatic rings. The lowest BCUT2D eigenvalue weighted by molar-refractivity contribution is -0.120. The molecule has 0 saturated carbocycles. The van der Waals surface area contributed by atoms with Gasteiger partial charge < -0.3 is 32.1 Å². The van der Waals surface area contributed by atoms with E-state index in [2.05, 4.69) is 21.3 Å². The lowest BCUT2D eigenvalue weighted by Crippen LogP contribution is -2.39. The first-order valence-corrected chi connectivity index (χ1v) is 11.4. The van der Waals surface area contributed by atoms with Crippen molar-refractivity contribution >= 4 is 103 Å². The largest absolute Gasteiger partial charge is 0.395 e. The molecule has 5 amide bonds. The van der Waals surface area contributed by atoms with E-state index < -0.39 is 36.1 Å². The molecule has 0 aliphatic carbocycles. The quantitative estimate of drug-likeness (QED) is 0.185. The Hall–Kier alpha value is -1.28.